The van der Waals surface area contributed by atoms with Crippen molar-refractivity contribution in [2.75, 3.05) is 0 Å². The maximum atomic E-state index is 11.7. The Morgan fingerprint density at radius 1 is 1.25 bits per heavy atom. The van der Waals surface area contributed by atoms with E-state index >= 15 is 0 Å². The molecule has 0 N–H and O–H groups in total. The first kappa shape index (κ1) is 13.3. The van der Waals surface area contributed by atoms with Gasteiger partial charge in [0.2, 0.25) is 0 Å². The van der Waals surface area contributed by atoms with Gasteiger partial charge in [0.25, 0.3) is 0 Å². The highest BCUT2D eigenvalue weighted by molar-refractivity contribution is 9.10. The zero-order valence-electron chi connectivity index (χ0n) is 10.6. The van der Waals surface area contributed by atoms with Crippen LogP contribution in [0.5, 0.6) is 0 Å². The number of benzene rings is 1. The summed E-state index contributed by atoms with van der Waals surface area (Å²) in [4.78, 5) is 12.6. The Bertz CT molecular complexity index is 800. The fourth-order valence-electron chi connectivity index (χ4n) is 1.86. The van der Waals surface area contributed by atoms with Gasteiger partial charge in [-0.2, -0.15) is 0 Å². The van der Waals surface area contributed by atoms with Crippen molar-refractivity contribution in [2.24, 2.45) is 0 Å². The maximum Gasteiger partial charge on any atom is 0.200 e. The van der Waals surface area contributed by atoms with E-state index < -0.39 is 0 Å². The second-order valence-electron chi connectivity index (χ2n) is 4.21. The van der Waals surface area contributed by atoms with Crippen molar-refractivity contribution in [2.45, 2.75) is 17.0 Å². The molecule has 3 rings (SSSR count). The van der Waals surface area contributed by atoms with Gasteiger partial charge >= 0.3 is 0 Å². The van der Waals surface area contributed by atoms with Crippen LogP contribution in [0.2, 0.25) is 0 Å². The molecule has 3 aromatic rings. The first-order valence-corrected chi connectivity index (χ1v) is 7.54. The Balaban J connectivity index is 2.07. The van der Waals surface area contributed by atoms with E-state index in [2.05, 4.69) is 26.1 Å². The summed E-state index contributed by atoms with van der Waals surface area (Å²) in [6.07, 6.45) is 1.91. The van der Waals surface area contributed by atoms with Gasteiger partial charge in [-0.3, -0.25) is 9.20 Å². The summed E-state index contributed by atoms with van der Waals surface area (Å²) in [7, 11) is 0. The average molecular weight is 348 g/mol. The number of carbonyl (C=O) groups excluding carboxylic acids is 1. The van der Waals surface area contributed by atoms with E-state index in [1.54, 1.807) is 6.92 Å². The van der Waals surface area contributed by atoms with Crippen LogP contribution in [0.25, 0.3) is 5.65 Å². The number of carbonyl (C=O) groups is 1. The molecule has 2 heterocycles. The molecular formula is C14H10BrN3OS. The number of aromatic nitrogens is 3. The summed E-state index contributed by atoms with van der Waals surface area (Å²) < 4.78 is 2.83. The monoisotopic (exact) mass is 347 g/mol. The predicted octanol–water partition coefficient (Wildman–Crippen LogP) is 3.85. The lowest BCUT2D eigenvalue weighted by atomic mass is 10.1. The SMILES string of the molecule is CC(=O)c1ccc(Br)cc1Sc1nnc2ccccn12. The zero-order chi connectivity index (χ0) is 14.1. The smallest absolute Gasteiger partial charge is 0.200 e. The van der Waals surface area contributed by atoms with E-state index in [0.29, 0.717) is 5.56 Å². The molecule has 2 aromatic heterocycles. The summed E-state index contributed by atoms with van der Waals surface area (Å²) in [5, 5.41) is 9.01. The molecule has 1 aromatic carbocycles. The van der Waals surface area contributed by atoms with Gasteiger partial charge in [0.1, 0.15) is 0 Å². The number of fused-ring (bicyclic) bond motifs is 1. The minimum atomic E-state index is 0.0359. The first-order chi connectivity index (χ1) is 9.65. The lowest BCUT2D eigenvalue weighted by Gasteiger charge is -2.06. The van der Waals surface area contributed by atoms with Crippen LogP contribution in [0.4, 0.5) is 0 Å². The van der Waals surface area contributed by atoms with Crippen molar-refractivity contribution in [3.8, 4) is 0 Å². The Morgan fingerprint density at radius 3 is 2.90 bits per heavy atom. The third-order valence-corrected chi connectivity index (χ3v) is 4.32. The highest BCUT2D eigenvalue weighted by Crippen LogP contribution is 2.32. The van der Waals surface area contributed by atoms with Crippen molar-refractivity contribution < 1.29 is 4.79 Å². The molecule has 100 valence electrons. The average Bonchev–Trinajstić information content (AvgIpc) is 2.82. The molecule has 6 heteroatoms. The third-order valence-electron chi connectivity index (χ3n) is 2.81. The molecule has 0 aliphatic heterocycles. The Kier molecular flexibility index (Phi) is 3.58. The van der Waals surface area contributed by atoms with Crippen LogP contribution < -0.4 is 0 Å². The highest BCUT2D eigenvalue weighted by Gasteiger charge is 2.13. The molecule has 0 radical (unpaired) electrons. The van der Waals surface area contributed by atoms with Crippen LogP contribution in [0.1, 0.15) is 17.3 Å². The van der Waals surface area contributed by atoms with E-state index in [1.165, 1.54) is 11.8 Å². The fourth-order valence-corrected chi connectivity index (χ4v) is 3.41. The van der Waals surface area contributed by atoms with Gasteiger partial charge in [-0.05, 0) is 49.0 Å². The number of pyridine rings is 1. The summed E-state index contributed by atoms with van der Waals surface area (Å²) in [6, 6.07) is 11.3. The van der Waals surface area contributed by atoms with Crippen molar-refractivity contribution in [1.29, 1.82) is 0 Å². The second-order valence-corrected chi connectivity index (χ2v) is 6.13. The molecule has 0 amide bonds. The molecule has 0 aliphatic carbocycles. The van der Waals surface area contributed by atoms with Crippen LogP contribution in [-0.4, -0.2) is 20.4 Å². The Hall–Kier alpha value is -1.66. The van der Waals surface area contributed by atoms with E-state index in [1.807, 2.05) is 47.0 Å². The lowest BCUT2D eigenvalue weighted by molar-refractivity contribution is 0.101. The largest absolute Gasteiger partial charge is 0.294 e. The number of Topliss-reactive ketones (excluding diaryl/α,β-unsaturated/α-hetero) is 1. The number of ketones is 1. The zero-order valence-corrected chi connectivity index (χ0v) is 13.0. The number of nitrogens with zero attached hydrogens (tertiary/aromatic N) is 3. The standard InChI is InChI=1S/C14H10BrN3OS/c1-9(19)11-6-5-10(15)8-12(11)20-14-17-16-13-4-2-3-7-18(13)14/h2-8H,1H3. The summed E-state index contributed by atoms with van der Waals surface area (Å²) in [6.45, 7) is 1.56. The van der Waals surface area contributed by atoms with Gasteiger partial charge in [0.15, 0.2) is 16.6 Å². The molecule has 4 nitrogen and oxygen atoms in total. The highest BCUT2D eigenvalue weighted by atomic mass is 79.9. The Morgan fingerprint density at radius 2 is 2.10 bits per heavy atom. The number of hydrogen-bond donors (Lipinski definition) is 0. The van der Waals surface area contributed by atoms with Crippen molar-refractivity contribution in [3.63, 3.8) is 0 Å². The molecule has 0 fully saturated rings. The fraction of sp³-hybridized carbons (Fsp3) is 0.0714. The van der Waals surface area contributed by atoms with Gasteiger partial charge < -0.3 is 0 Å². The van der Waals surface area contributed by atoms with E-state index in [0.717, 1.165) is 20.2 Å². The van der Waals surface area contributed by atoms with Crippen LogP contribution in [-0.2, 0) is 0 Å². The summed E-state index contributed by atoms with van der Waals surface area (Å²) in [5.41, 5.74) is 1.47. The minimum Gasteiger partial charge on any atom is -0.294 e. The Labute approximate surface area is 128 Å². The van der Waals surface area contributed by atoms with Crippen molar-refractivity contribution >= 4 is 39.1 Å². The van der Waals surface area contributed by atoms with E-state index in [9.17, 15) is 4.79 Å². The van der Waals surface area contributed by atoms with Gasteiger partial charge in [0.05, 0.1) is 0 Å². The first-order valence-electron chi connectivity index (χ1n) is 5.93. The van der Waals surface area contributed by atoms with Gasteiger partial charge in [-0.1, -0.05) is 22.0 Å². The van der Waals surface area contributed by atoms with Crippen LogP contribution >= 0.6 is 27.7 Å². The lowest BCUT2D eigenvalue weighted by Crippen LogP contribution is -1.96. The molecule has 0 saturated heterocycles. The number of hydrogen-bond acceptors (Lipinski definition) is 4. The van der Waals surface area contributed by atoms with Gasteiger partial charge in [-0.15, -0.1) is 10.2 Å². The molecule has 0 unspecified atom stereocenters. The van der Waals surface area contributed by atoms with Gasteiger partial charge in [-0.25, -0.2) is 0 Å². The quantitative estimate of drug-likeness (QED) is 0.675. The molecule has 0 atom stereocenters. The third kappa shape index (κ3) is 2.48. The number of halogens is 1. The summed E-state index contributed by atoms with van der Waals surface area (Å²) >= 11 is 4.86. The van der Waals surface area contributed by atoms with Crippen LogP contribution in [0.15, 0.2) is 57.1 Å². The molecule has 0 aliphatic rings. The normalized spacial score (nSPS) is 10.9. The predicted molar refractivity (Wildman–Crippen MR) is 81.3 cm³/mol. The van der Waals surface area contributed by atoms with E-state index in [4.69, 9.17) is 0 Å². The van der Waals surface area contributed by atoms with Gasteiger partial charge in [0, 0.05) is 21.1 Å². The molecular weight excluding hydrogens is 338 g/mol. The topological polar surface area (TPSA) is 47.3 Å². The second kappa shape index (κ2) is 5.38. The summed E-state index contributed by atoms with van der Waals surface area (Å²) in [5.74, 6) is 0.0359. The van der Waals surface area contributed by atoms with Crippen molar-refractivity contribution in [1.82, 2.24) is 14.6 Å². The minimum absolute atomic E-state index is 0.0359. The molecule has 0 saturated carbocycles. The molecule has 0 bridgehead atoms. The van der Waals surface area contributed by atoms with Crippen LogP contribution in [0.3, 0.4) is 0 Å². The maximum absolute atomic E-state index is 11.7. The molecule has 0 spiro atoms. The number of rotatable bonds is 3. The van der Waals surface area contributed by atoms with Crippen LogP contribution in [0, 0.1) is 0 Å². The van der Waals surface area contributed by atoms with E-state index in [-0.39, 0.29) is 5.78 Å². The van der Waals surface area contributed by atoms with Crippen molar-refractivity contribution in [3.05, 3.63) is 52.6 Å². The molecule has 20 heavy (non-hydrogen) atoms.